The number of carbonyl (C=O) groups is 1. The second-order valence-corrected chi connectivity index (χ2v) is 6.79. The van der Waals surface area contributed by atoms with Gasteiger partial charge in [-0.2, -0.15) is 5.26 Å². The molecule has 4 fully saturated rings. The first-order chi connectivity index (χ1) is 8.19. The Labute approximate surface area is 103 Å². The van der Waals surface area contributed by atoms with Crippen molar-refractivity contribution in [1.29, 1.82) is 5.26 Å². The lowest BCUT2D eigenvalue weighted by Gasteiger charge is -2.57. The number of carbonyl (C=O) groups excluding carboxylic acids is 1. The zero-order chi connectivity index (χ0) is 11.9. The fraction of sp³-hybridized carbons (Fsp3) is 0.867. The molecule has 0 radical (unpaired) electrons. The molecule has 0 aromatic heterocycles. The maximum atomic E-state index is 11.5. The van der Waals surface area contributed by atoms with Crippen LogP contribution in [0.4, 0.5) is 0 Å². The third kappa shape index (κ3) is 2.12. The van der Waals surface area contributed by atoms with Crippen LogP contribution in [0.15, 0.2) is 0 Å². The van der Waals surface area contributed by atoms with E-state index < -0.39 is 0 Å². The Kier molecular flexibility index (Phi) is 2.73. The van der Waals surface area contributed by atoms with Crippen molar-refractivity contribution in [3.05, 3.63) is 0 Å². The lowest BCUT2D eigenvalue weighted by Crippen LogP contribution is -2.46. The first kappa shape index (κ1) is 11.3. The van der Waals surface area contributed by atoms with E-state index in [4.69, 9.17) is 5.26 Å². The molecule has 4 aliphatic rings. The van der Waals surface area contributed by atoms with Crippen LogP contribution < -0.4 is 0 Å². The van der Waals surface area contributed by atoms with Crippen LogP contribution in [-0.2, 0) is 4.79 Å². The van der Waals surface area contributed by atoms with Crippen molar-refractivity contribution in [1.82, 2.24) is 0 Å². The van der Waals surface area contributed by atoms with Crippen LogP contribution in [0.25, 0.3) is 0 Å². The predicted octanol–water partition coefficient (Wildman–Crippen LogP) is 3.47. The van der Waals surface area contributed by atoms with E-state index in [1.807, 2.05) is 6.07 Å². The van der Waals surface area contributed by atoms with E-state index >= 15 is 0 Å². The van der Waals surface area contributed by atoms with Gasteiger partial charge in [0.05, 0.1) is 12.5 Å². The average molecular weight is 231 g/mol. The summed E-state index contributed by atoms with van der Waals surface area (Å²) < 4.78 is 0. The van der Waals surface area contributed by atoms with E-state index in [9.17, 15) is 4.79 Å². The van der Waals surface area contributed by atoms with Crippen LogP contribution in [0.5, 0.6) is 0 Å². The van der Waals surface area contributed by atoms with Crippen LogP contribution in [0.3, 0.4) is 0 Å². The molecule has 0 heterocycles. The monoisotopic (exact) mass is 231 g/mol. The van der Waals surface area contributed by atoms with E-state index in [2.05, 4.69) is 0 Å². The standard InChI is InChI=1S/C15H21NO/c16-4-2-14(17)1-3-15-8-11-5-12(9-15)7-13(6-11)10-15/h11-13H,1-3,5-10H2. The van der Waals surface area contributed by atoms with Crippen molar-refractivity contribution in [2.45, 2.75) is 57.8 Å². The molecule has 92 valence electrons. The second-order valence-electron chi connectivity index (χ2n) is 6.79. The first-order valence-corrected chi connectivity index (χ1v) is 7.08. The van der Waals surface area contributed by atoms with E-state index in [0.29, 0.717) is 11.8 Å². The first-order valence-electron chi connectivity index (χ1n) is 7.08. The maximum Gasteiger partial charge on any atom is 0.146 e. The molecule has 2 heteroatoms. The molecule has 2 nitrogen and oxygen atoms in total. The van der Waals surface area contributed by atoms with E-state index in [1.54, 1.807) is 0 Å². The summed E-state index contributed by atoms with van der Waals surface area (Å²) in [6.45, 7) is 0. The molecule has 4 bridgehead atoms. The summed E-state index contributed by atoms with van der Waals surface area (Å²) in [5, 5.41) is 8.53. The van der Waals surface area contributed by atoms with Crippen LogP contribution >= 0.6 is 0 Å². The van der Waals surface area contributed by atoms with Gasteiger partial charge in [0, 0.05) is 6.42 Å². The van der Waals surface area contributed by atoms with Crippen LogP contribution in [0.2, 0.25) is 0 Å². The number of hydrogen-bond acceptors (Lipinski definition) is 2. The van der Waals surface area contributed by atoms with Crippen molar-refractivity contribution in [3.63, 3.8) is 0 Å². The van der Waals surface area contributed by atoms with Gasteiger partial charge in [-0.3, -0.25) is 4.79 Å². The van der Waals surface area contributed by atoms with E-state index in [1.165, 1.54) is 38.5 Å². The predicted molar refractivity (Wildman–Crippen MR) is 65.1 cm³/mol. The minimum atomic E-state index is 0.117. The average Bonchev–Trinajstić information content (AvgIpc) is 2.25. The molecule has 4 rings (SSSR count). The van der Waals surface area contributed by atoms with Gasteiger partial charge >= 0.3 is 0 Å². The van der Waals surface area contributed by atoms with Gasteiger partial charge in [0.2, 0.25) is 0 Å². The molecule has 0 spiro atoms. The number of nitrogens with zero attached hydrogens (tertiary/aromatic N) is 1. The van der Waals surface area contributed by atoms with Crippen LogP contribution in [-0.4, -0.2) is 5.78 Å². The molecule has 0 amide bonds. The maximum absolute atomic E-state index is 11.5. The molecule has 4 saturated carbocycles. The Morgan fingerprint density at radius 1 is 1.12 bits per heavy atom. The van der Waals surface area contributed by atoms with Crippen LogP contribution in [0, 0.1) is 34.5 Å². The highest BCUT2D eigenvalue weighted by atomic mass is 16.1. The van der Waals surface area contributed by atoms with E-state index in [-0.39, 0.29) is 12.2 Å². The topological polar surface area (TPSA) is 40.9 Å². The smallest absolute Gasteiger partial charge is 0.146 e. The van der Waals surface area contributed by atoms with Gasteiger partial charge in [-0.05, 0) is 68.1 Å². The lowest BCUT2D eigenvalue weighted by molar-refractivity contribution is -0.120. The Hall–Kier alpha value is -0.840. The molecular formula is C15H21NO. The lowest BCUT2D eigenvalue weighted by atomic mass is 9.48. The molecule has 4 aliphatic carbocycles. The fourth-order valence-electron chi connectivity index (χ4n) is 5.18. The van der Waals surface area contributed by atoms with Crippen LogP contribution in [0.1, 0.15) is 57.8 Å². The summed E-state index contributed by atoms with van der Waals surface area (Å²) in [4.78, 5) is 11.5. The molecule has 0 saturated heterocycles. The SMILES string of the molecule is N#CCC(=O)CCC12CC3CC(CC(C3)C1)C2. The van der Waals surface area contributed by atoms with Gasteiger partial charge < -0.3 is 0 Å². The molecule has 0 atom stereocenters. The molecule has 0 aromatic carbocycles. The molecule has 17 heavy (non-hydrogen) atoms. The quantitative estimate of drug-likeness (QED) is 0.743. The Morgan fingerprint density at radius 3 is 2.12 bits per heavy atom. The van der Waals surface area contributed by atoms with Gasteiger partial charge in [-0.15, -0.1) is 0 Å². The zero-order valence-corrected chi connectivity index (χ0v) is 10.5. The second kappa shape index (κ2) is 4.12. The number of hydrogen-bond donors (Lipinski definition) is 0. The van der Waals surface area contributed by atoms with Crippen molar-refractivity contribution >= 4 is 5.78 Å². The minimum absolute atomic E-state index is 0.117. The van der Waals surface area contributed by atoms with Crippen molar-refractivity contribution in [2.75, 3.05) is 0 Å². The molecule has 0 aliphatic heterocycles. The summed E-state index contributed by atoms with van der Waals surface area (Å²) in [6.07, 6.45) is 10.3. The highest BCUT2D eigenvalue weighted by molar-refractivity contribution is 5.80. The number of Topliss-reactive ketones (excluding diaryl/α,β-unsaturated/α-hetero) is 1. The van der Waals surface area contributed by atoms with Crippen molar-refractivity contribution < 1.29 is 4.79 Å². The summed E-state index contributed by atoms with van der Waals surface area (Å²) in [5.41, 5.74) is 0.500. The highest BCUT2D eigenvalue weighted by Crippen LogP contribution is 2.61. The Morgan fingerprint density at radius 2 is 1.65 bits per heavy atom. The number of rotatable bonds is 4. The zero-order valence-electron chi connectivity index (χ0n) is 10.5. The number of ketones is 1. The summed E-state index contributed by atoms with van der Waals surface area (Å²) in [6, 6.07) is 1.98. The minimum Gasteiger partial charge on any atom is -0.299 e. The van der Waals surface area contributed by atoms with E-state index in [0.717, 1.165) is 24.2 Å². The Bertz CT molecular complexity index is 330. The van der Waals surface area contributed by atoms with Gasteiger partial charge in [-0.25, -0.2) is 0 Å². The number of nitriles is 1. The summed E-state index contributed by atoms with van der Waals surface area (Å²) >= 11 is 0. The largest absolute Gasteiger partial charge is 0.299 e. The van der Waals surface area contributed by atoms with Crippen molar-refractivity contribution in [3.8, 4) is 6.07 Å². The van der Waals surface area contributed by atoms with Gasteiger partial charge in [-0.1, -0.05) is 0 Å². The fourth-order valence-corrected chi connectivity index (χ4v) is 5.18. The summed E-state index contributed by atoms with van der Waals surface area (Å²) in [5.74, 6) is 3.05. The van der Waals surface area contributed by atoms with Gasteiger partial charge in [0.1, 0.15) is 5.78 Å². The molecule has 0 aromatic rings. The van der Waals surface area contributed by atoms with Gasteiger partial charge in [0.15, 0.2) is 0 Å². The third-order valence-electron chi connectivity index (χ3n) is 5.38. The molecule has 0 N–H and O–H groups in total. The third-order valence-corrected chi connectivity index (χ3v) is 5.38. The Balaban J connectivity index is 1.63. The normalized spacial score (nSPS) is 42.4. The van der Waals surface area contributed by atoms with Gasteiger partial charge in [0.25, 0.3) is 0 Å². The van der Waals surface area contributed by atoms with Crippen molar-refractivity contribution in [2.24, 2.45) is 23.2 Å². The molecule has 0 unspecified atom stereocenters. The molecular weight excluding hydrogens is 210 g/mol. The highest BCUT2D eigenvalue weighted by Gasteiger charge is 2.50. The summed E-state index contributed by atoms with van der Waals surface area (Å²) in [7, 11) is 0.